The van der Waals surface area contributed by atoms with Crippen molar-refractivity contribution >= 4 is 22.7 Å². The van der Waals surface area contributed by atoms with Gasteiger partial charge < -0.3 is 20.8 Å². The summed E-state index contributed by atoms with van der Waals surface area (Å²) >= 11 is 0. The molecule has 1 heterocycles. The molecular formula is C14H22N4O. The SMILES string of the molecule is COCCC(C)(C)CNc1nc2ccc(N)cc2[nH]1. The van der Waals surface area contributed by atoms with E-state index < -0.39 is 0 Å². The molecule has 1 aromatic carbocycles. The van der Waals surface area contributed by atoms with Crippen molar-refractivity contribution in [3.05, 3.63) is 18.2 Å². The summed E-state index contributed by atoms with van der Waals surface area (Å²) in [5.74, 6) is 0.783. The number of imidazole rings is 1. The minimum absolute atomic E-state index is 0.161. The molecule has 2 aromatic rings. The summed E-state index contributed by atoms with van der Waals surface area (Å²) in [7, 11) is 1.73. The van der Waals surface area contributed by atoms with E-state index in [2.05, 4.69) is 29.1 Å². The van der Waals surface area contributed by atoms with Crippen LogP contribution in [0.2, 0.25) is 0 Å². The van der Waals surface area contributed by atoms with Crippen molar-refractivity contribution < 1.29 is 4.74 Å². The van der Waals surface area contributed by atoms with Crippen LogP contribution in [0.25, 0.3) is 11.0 Å². The highest BCUT2D eigenvalue weighted by Gasteiger charge is 2.17. The number of ether oxygens (including phenoxy) is 1. The van der Waals surface area contributed by atoms with Crippen LogP contribution in [-0.4, -0.2) is 30.2 Å². The van der Waals surface area contributed by atoms with Crippen LogP contribution in [0, 0.1) is 5.41 Å². The van der Waals surface area contributed by atoms with E-state index in [-0.39, 0.29) is 5.41 Å². The molecule has 5 heteroatoms. The van der Waals surface area contributed by atoms with Crippen molar-refractivity contribution in [2.24, 2.45) is 5.41 Å². The zero-order valence-electron chi connectivity index (χ0n) is 11.8. The third-order valence-corrected chi connectivity index (χ3v) is 3.22. The van der Waals surface area contributed by atoms with Gasteiger partial charge in [-0.25, -0.2) is 4.98 Å². The molecule has 5 nitrogen and oxygen atoms in total. The Morgan fingerprint density at radius 2 is 2.21 bits per heavy atom. The molecule has 0 radical (unpaired) electrons. The van der Waals surface area contributed by atoms with Gasteiger partial charge in [0, 0.05) is 25.9 Å². The normalized spacial score (nSPS) is 11.9. The van der Waals surface area contributed by atoms with Crippen LogP contribution >= 0.6 is 0 Å². The molecule has 0 aliphatic carbocycles. The highest BCUT2D eigenvalue weighted by molar-refractivity contribution is 5.80. The van der Waals surface area contributed by atoms with Crippen molar-refractivity contribution in [3.63, 3.8) is 0 Å². The number of aromatic nitrogens is 2. The van der Waals surface area contributed by atoms with Crippen molar-refractivity contribution in [2.45, 2.75) is 20.3 Å². The predicted molar refractivity (Wildman–Crippen MR) is 79.3 cm³/mol. The van der Waals surface area contributed by atoms with Gasteiger partial charge in [0.1, 0.15) is 0 Å². The summed E-state index contributed by atoms with van der Waals surface area (Å²) in [6, 6.07) is 5.67. The van der Waals surface area contributed by atoms with Crippen molar-refractivity contribution in [2.75, 3.05) is 31.3 Å². The molecule has 0 unspecified atom stereocenters. The number of nitrogens with one attached hydrogen (secondary N) is 2. The Hall–Kier alpha value is -1.75. The maximum absolute atomic E-state index is 5.75. The standard InChI is InChI=1S/C14H22N4O/c1-14(2,6-7-19-3)9-16-13-17-11-5-4-10(15)8-12(11)18-13/h4-5,8H,6-7,9,15H2,1-3H3,(H2,16,17,18). The van der Waals surface area contributed by atoms with Gasteiger partial charge in [0.05, 0.1) is 11.0 Å². The van der Waals surface area contributed by atoms with E-state index in [4.69, 9.17) is 10.5 Å². The third kappa shape index (κ3) is 3.61. The highest BCUT2D eigenvalue weighted by Crippen LogP contribution is 2.22. The molecule has 0 fully saturated rings. The van der Waals surface area contributed by atoms with Gasteiger partial charge in [-0.15, -0.1) is 0 Å². The Morgan fingerprint density at radius 1 is 1.42 bits per heavy atom. The van der Waals surface area contributed by atoms with Crippen LogP contribution in [0.4, 0.5) is 11.6 Å². The fourth-order valence-corrected chi connectivity index (χ4v) is 1.90. The first-order valence-electron chi connectivity index (χ1n) is 6.48. The molecule has 4 N–H and O–H groups in total. The zero-order chi connectivity index (χ0) is 13.9. The van der Waals surface area contributed by atoms with Gasteiger partial charge in [-0.2, -0.15) is 0 Å². The summed E-state index contributed by atoms with van der Waals surface area (Å²) in [5.41, 5.74) is 8.53. The number of hydrogen-bond donors (Lipinski definition) is 3. The quantitative estimate of drug-likeness (QED) is 0.699. The van der Waals surface area contributed by atoms with Gasteiger partial charge in [-0.05, 0) is 30.0 Å². The smallest absolute Gasteiger partial charge is 0.201 e. The average Bonchev–Trinajstić information content (AvgIpc) is 2.76. The predicted octanol–water partition coefficient (Wildman–Crippen LogP) is 2.62. The number of nitrogens with two attached hydrogens (primary N) is 1. The number of anilines is 2. The number of aromatic amines is 1. The maximum Gasteiger partial charge on any atom is 0.201 e. The molecule has 0 aliphatic rings. The minimum Gasteiger partial charge on any atom is -0.399 e. The Bertz CT molecular complexity index is 547. The summed E-state index contributed by atoms with van der Waals surface area (Å²) in [6.07, 6.45) is 1.00. The van der Waals surface area contributed by atoms with Crippen LogP contribution in [-0.2, 0) is 4.74 Å². The molecule has 104 valence electrons. The molecule has 0 atom stereocenters. The fourth-order valence-electron chi connectivity index (χ4n) is 1.90. The molecule has 19 heavy (non-hydrogen) atoms. The van der Waals surface area contributed by atoms with Crippen molar-refractivity contribution in [1.29, 1.82) is 0 Å². The lowest BCUT2D eigenvalue weighted by Gasteiger charge is -2.24. The van der Waals surface area contributed by atoms with Gasteiger partial charge >= 0.3 is 0 Å². The average molecular weight is 262 g/mol. The van der Waals surface area contributed by atoms with Crippen molar-refractivity contribution in [1.82, 2.24) is 9.97 Å². The first-order chi connectivity index (χ1) is 9.00. The number of hydrogen-bond acceptors (Lipinski definition) is 4. The van der Waals surface area contributed by atoms with Crippen LogP contribution < -0.4 is 11.1 Å². The maximum atomic E-state index is 5.75. The summed E-state index contributed by atoms with van der Waals surface area (Å²) in [5, 5.41) is 3.34. The van der Waals surface area contributed by atoms with E-state index in [1.165, 1.54) is 0 Å². The van der Waals surface area contributed by atoms with Crippen LogP contribution in [0.1, 0.15) is 20.3 Å². The van der Waals surface area contributed by atoms with E-state index in [9.17, 15) is 0 Å². The molecule has 0 spiro atoms. The van der Waals surface area contributed by atoms with Gasteiger partial charge in [0.2, 0.25) is 5.95 Å². The Kier molecular flexibility index (Phi) is 3.95. The number of H-pyrrole nitrogens is 1. The Morgan fingerprint density at radius 3 is 2.95 bits per heavy atom. The molecule has 0 saturated heterocycles. The number of benzene rings is 1. The molecule has 0 aliphatic heterocycles. The number of fused-ring (bicyclic) bond motifs is 1. The molecular weight excluding hydrogens is 240 g/mol. The fraction of sp³-hybridized carbons (Fsp3) is 0.500. The summed E-state index contributed by atoms with van der Waals surface area (Å²) in [4.78, 5) is 7.72. The molecule has 2 rings (SSSR count). The lowest BCUT2D eigenvalue weighted by Crippen LogP contribution is -2.25. The summed E-state index contributed by atoms with van der Waals surface area (Å²) < 4.78 is 5.13. The second-order valence-corrected chi connectivity index (χ2v) is 5.62. The Balaban J connectivity index is 2.01. The van der Waals surface area contributed by atoms with Gasteiger partial charge in [-0.3, -0.25) is 0 Å². The van der Waals surface area contributed by atoms with E-state index >= 15 is 0 Å². The van der Waals surface area contributed by atoms with E-state index in [0.29, 0.717) is 0 Å². The van der Waals surface area contributed by atoms with E-state index in [0.717, 1.165) is 42.2 Å². The van der Waals surface area contributed by atoms with Crippen molar-refractivity contribution in [3.8, 4) is 0 Å². The third-order valence-electron chi connectivity index (χ3n) is 3.22. The molecule has 1 aromatic heterocycles. The number of nitrogen functional groups attached to an aromatic ring is 1. The first-order valence-corrected chi connectivity index (χ1v) is 6.48. The first kappa shape index (κ1) is 13.7. The van der Waals surface area contributed by atoms with Gasteiger partial charge in [-0.1, -0.05) is 13.8 Å². The lowest BCUT2D eigenvalue weighted by atomic mass is 9.90. The molecule has 0 bridgehead atoms. The topological polar surface area (TPSA) is 76.0 Å². The van der Waals surface area contributed by atoms with Crippen LogP contribution in [0.5, 0.6) is 0 Å². The van der Waals surface area contributed by atoms with E-state index in [1.54, 1.807) is 7.11 Å². The van der Waals surface area contributed by atoms with Crippen LogP contribution in [0.15, 0.2) is 18.2 Å². The zero-order valence-corrected chi connectivity index (χ0v) is 11.8. The summed E-state index contributed by atoms with van der Waals surface area (Å²) in [6.45, 7) is 6.02. The molecule has 0 saturated carbocycles. The Labute approximate surface area is 113 Å². The second-order valence-electron chi connectivity index (χ2n) is 5.62. The largest absolute Gasteiger partial charge is 0.399 e. The lowest BCUT2D eigenvalue weighted by molar-refractivity contribution is 0.157. The highest BCUT2D eigenvalue weighted by atomic mass is 16.5. The number of rotatable bonds is 6. The monoisotopic (exact) mass is 262 g/mol. The van der Waals surface area contributed by atoms with Crippen LogP contribution in [0.3, 0.4) is 0 Å². The van der Waals surface area contributed by atoms with Gasteiger partial charge in [0.25, 0.3) is 0 Å². The second kappa shape index (κ2) is 5.48. The number of methoxy groups -OCH3 is 1. The van der Waals surface area contributed by atoms with Gasteiger partial charge in [0.15, 0.2) is 0 Å². The van der Waals surface area contributed by atoms with E-state index in [1.807, 2.05) is 18.2 Å². The molecule has 0 amide bonds. The number of nitrogens with zero attached hydrogens (tertiary/aromatic N) is 1. The minimum atomic E-state index is 0.161.